The van der Waals surface area contributed by atoms with Gasteiger partial charge >= 0.3 is 0 Å². The summed E-state index contributed by atoms with van der Waals surface area (Å²) < 4.78 is 21.9. The number of carbonyl (C=O) groups excluding carboxylic acids is 1. The van der Waals surface area contributed by atoms with Crippen LogP contribution < -0.4 is 14.2 Å². The van der Waals surface area contributed by atoms with Gasteiger partial charge < -0.3 is 23.6 Å². The molecule has 0 fully saturated rings. The maximum Gasteiger partial charge on any atom is 0.263 e. The Balaban J connectivity index is 1.71. The predicted molar refractivity (Wildman–Crippen MR) is 115 cm³/mol. The second-order valence-electron chi connectivity index (χ2n) is 7.05. The normalized spacial score (nSPS) is 11.6. The zero-order valence-electron chi connectivity index (χ0n) is 18.4. The number of methoxy groups -OCH3 is 2. The van der Waals surface area contributed by atoms with Crippen molar-refractivity contribution in [2.75, 3.05) is 21.3 Å². The van der Waals surface area contributed by atoms with Crippen molar-refractivity contribution in [1.82, 2.24) is 15.0 Å². The average molecular weight is 425 g/mol. The van der Waals surface area contributed by atoms with Crippen molar-refractivity contribution in [3.63, 3.8) is 0 Å². The van der Waals surface area contributed by atoms with Gasteiger partial charge in [-0.15, -0.1) is 0 Å². The molecule has 1 amide bonds. The summed E-state index contributed by atoms with van der Waals surface area (Å²) in [6.07, 6.45) is -0.0644. The molecule has 1 heterocycles. The molecule has 0 aliphatic carbocycles. The van der Waals surface area contributed by atoms with Gasteiger partial charge in [-0.05, 0) is 37.1 Å². The van der Waals surface area contributed by atoms with Gasteiger partial charge in [0.15, 0.2) is 6.10 Å². The Kier molecular flexibility index (Phi) is 7.12. The third kappa shape index (κ3) is 5.14. The monoisotopic (exact) mass is 425 g/mol. The van der Waals surface area contributed by atoms with Crippen LogP contribution in [0.5, 0.6) is 17.2 Å². The van der Waals surface area contributed by atoms with Gasteiger partial charge in [-0.3, -0.25) is 4.79 Å². The van der Waals surface area contributed by atoms with Crippen LogP contribution in [0.1, 0.15) is 24.8 Å². The Morgan fingerprint density at radius 2 is 1.90 bits per heavy atom. The summed E-state index contributed by atoms with van der Waals surface area (Å²) in [6.45, 7) is 4.02. The highest BCUT2D eigenvalue weighted by molar-refractivity contribution is 5.81. The number of amides is 1. The molecule has 0 spiro atoms. The number of hydrogen-bond acceptors (Lipinski definition) is 7. The van der Waals surface area contributed by atoms with Crippen LogP contribution in [0.2, 0.25) is 0 Å². The molecule has 1 atom stereocenters. The van der Waals surface area contributed by atoms with E-state index in [1.54, 1.807) is 39.5 Å². The molecule has 0 bridgehead atoms. The molecule has 3 rings (SSSR count). The Bertz CT molecular complexity index is 1030. The Morgan fingerprint density at radius 1 is 1.13 bits per heavy atom. The van der Waals surface area contributed by atoms with Crippen LogP contribution in [-0.4, -0.2) is 48.3 Å². The molecule has 1 aromatic heterocycles. The van der Waals surface area contributed by atoms with Gasteiger partial charge in [-0.25, -0.2) is 0 Å². The minimum atomic E-state index is -0.602. The van der Waals surface area contributed by atoms with Gasteiger partial charge in [0.05, 0.1) is 26.3 Å². The quantitative estimate of drug-likeness (QED) is 0.514. The van der Waals surface area contributed by atoms with E-state index in [2.05, 4.69) is 10.1 Å². The van der Waals surface area contributed by atoms with Gasteiger partial charge in [-0.2, -0.15) is 4.98 Å². The molecular formula is C23H27N3O5. The topological polar surface area (TPSA) is 86.9 Å². The maximum atomic E-state index is 12.9. The number of aromatic nitrogens is 2. The van der Waals surface area contributed by atoms with Crippen LogP contribution in [0.15, 0.2) is 47.0 Å². The average Bonchev–Trinajstić information content (AvgIpc) is 3.25. The highest BCUT2D eigenvalue weighted by atomic mass is 16.5. The molecule has 8 nitrogen and oxygen atoms in total. The lowest BCUT2D eigenvalue weighted by Crippen LogP contribution is -2.39. The third-order valence-corrected chi connectivity index (χ3v) is 4.88. The van der Waals surface area contributed by atoms with Crippen molar-refractivity contribution in [1.29, 1.82) is 0 Å². The second-order valence-corrected chi connectivity index (χ2v) is 7.05. The minimum absolute atomic E-state index is 0.160. The van der Waals surface area contributed by atoms with Gasteiger partial charge in [0.25, 0.3) is 5.91 Å². The first-order valence-corrected chi connectivity index (χ1v) is 9.99. The van der Waals surface area contributed by atoms with Crippen molar-refractivity contribution in [2.45, 2.75) is 32.9 Å². The van der Waals surface area contributed by atoms with Gasteiger partial charge in [0.2, 0.25) is 11.7 Å². The predicted octanol–water partition coefficient (Wildman–Crippen LogP) is 3.88. The number of ether oxygens (including phenoxy) is 3. The summed E-state index contributed by atoms with van der Waals surface area (Å²) in [5.41, 5.74) is 1.65. The summed E-state index contributed by atoms with van der Waals surface area (Å²) in [5, 5.41) is 4.03. The van der Waals surface area contributed by atoms with Crippen LogP contribution in [0.3, 0.4) is 0 Å². The van der Waals surface area contributed by atoms with E-state index in [9.17, 15) is 4.79 Å². The molecule has 0 N–H and O–H groups in total. The fourth-order valence-corrected chi connectivity index (χ4v) is 3.09. The number of nitrogens with zero attached hydrogens (tertiary/aromatic N) is 3. The van der Waals surface area contributed by atoms with Crippen LogP contribution >= 0.6 is 0 Å². The SMILES string of the molecule is CCC(Oc1ccccc1C)C(=O)N(C)Cc1nc(-c2ccc(OC)cc2OC)no1. The molecule has 0 radical (unpaired) electrons. The van der Waals surface area contributed by atoms with E-state index in [1.165, 1.54) is 4.90 Å². The van der Waals surface area contributed by atoms with Crippen molar-refractivity contribution in [3.05, 3.63) is 53.9 Å². The molecule has 8 heteroatoms. The summed E-state index contributed by atoms with van der Waals surface area (Å²) in [4.78, 5) is 18.9. The zero-order chi connectivity index (χ0) is 22.4. The number of benzene rings is 2. The molecule has 0 saturated carbocycles. The molecule has 2 aromatic carbocycles. The number of likely N-dealkylation sites (N-methyl/N-ethyl adjacent to an activating group) is 1. The molecule has 0 saturated heterocycles. The largest absolute Gasteiger partial charge is 0.497 e. The molecular weight excluding hydrogens is 398 g/mol. The molecule has 3 aromatic rings. The maximum absolute atomic E-state index is 12.9. The highest BCUT2D eigenvalue weighted by Crippen LogP contribution is 2.31. The van der Waals surface area contributed by atoms with Crippen LogP contribution in [0, 0.1) is 6.92 Å². The molecule has 31 heavy (non-hydrogen) atoms. The van der Waals surface area contributed by atoms with Crippen LogP contribution in [-0.2, 0) is 11.3 Å². The van der Waals surface area contributed by atoms with Crippen molar-refractivity contribution >= 4 is 5.91 Å². The van der Waals surface area contributed by atoms with Crippen LogP contribution in [0.25, 0.3) is 11.4 Å². The van der Waals surface area contributed by atoms with E-state index in [0.717, 1.165) is 5.56 Å². The molecule has 164 valence electrons. The number of para-hydroxylation sites is 1. The lowest BCUT2D eigenvalue weighted by atomic mass is 10.2. The minimum Gasteiger partial charge on any atom is -0.497 e. The fraction of sp³-hybridized carbons (Fsp3) is 0.348. The summed E-state index contributed by atoms with van der Waals surface area (Å²) in [7, 11) is 4.83. The lowest BCUT2D eigenvalue weighted by molar-refractivity contribution is -0.138. The Labute approximate surface area is 181 Å². The van der Waals surface area contributed by atoms with Crippen molar-refractivity contribution in [3.8, 4) is 28.6 Å². The van der Waals surface area contributed by atoms with Crippen molar-refractivity contribution < 1.29 is 23.5 Å². The van der Waals surface area contributed by atoms with Gasteiger partial charge in [-0.1, -0.05) is 30.3 Å². The Hall–Kier alpha value is -3.55. The van der Waals surface area contributed by atoms with E-state index in [1.807, 2.05) is 38.1 Å². The molecule has 0 aliphatic heterocycles. The van der Waals surface area contributed by atoms with E-state index in [0.29, 0.717) is 40.9 Å². The number of aryl methyl sites for hydroxylation is 1. The first-order chi connectivity index (χ1) is 15.0. The highest BCUT2D eigenvalue weighted by Gasteiger charge is 2.25. The van der Waals surface area contributed by atoms with Crippen LogP contribution in [0.4, 0.5) is 0 Å². The lowest BCUT2D eigenvalue weighted by Gasteiger charge is -2.23. The fourth-order valence-electron chi connectivity index (χ4n) is 3.09. The summed E-state index contributed by atoms with van der Waals surface area (Å²) >= 11 is 0. The number of rotatable bonds is 9. The van der Waals surface area contributed by atoms with Crippen molar-refractivity contribution in [2.24, 2.45) is 0 Å². The van der Waals surface area contributed by atoms with E-state index in [4.69, 9.17) is 18.7 Å². The first-order valence-electron chi connectivity index (χ1n) is 9.99. The van der Waals surface area contributed by atoms with E-state index >= 15 is 0 Å². The van der Waals surface area contributed by atoms with E-state index in [-0.39, 0.29) is 12.5 Å². The standard InChI is InChI=1S/C23H27N3O5/c1-6-18(30-19-10-8-7-9-15(19)2)23(27)26(3)14-21-24-22(25-31-21)17-12-11-16(28-4)13-20(17)29-5/h7-13,18H,6,14H2,1-5H3. The first kappa shape index (κ1) is 22.1. The number of carbonyl (C=O) groups is 1. The summed E-state index contributed by atoms with van der Waals surface area (Å²) in [6, 6.07) is 13.0. The molecule has 1 unspecified atom stereocenters. The van der Waals surface area contributed by atoms with Gasteiger partial charge in [0, 0.05) is 13.1 Å². The second kappa shape index (κ2) is 9.97. The van der Waals surface area contributed by atoms with E-state index < -0.39 is 6.10 Å². The molecule has 0 aliphatic rings. The number of hydrogen-bond donors (Lipinski definition) is 0. The zero-order valence-corrected chi connectivity index (χ0v) is 18.4. The summed E-state index contributed by atoms with van der Waals surface area (Å²) in [5.74, 6) is 2.45. The Morgan fingerprint density at radius 3 is 2.58 bits per heavy atom. The van der Waals surface area contributed by atoms with Gasteiger partial charge in [0.1, 0.15) is 17.2 Å². The smallest absolute Gasteiger partial charge is 0.263 e. The third-order valence-electron chi connectivity index (χ3n) is 4.88.